The SMILES string of the molecule is CCCCn1c(N)c(N(Cc2ccco2)C(=O)c2cc(C3CC3)nc3c2c(C)nn3C)c(=O)[nH]c1=O. The van der Waals surface area contributed by atoms with Gasteiger partial charge in [-0.05, 0) is 44.4 Å². The van der Waals surface area contributed by atoms with E-state index in [1.165, 1.54) is 15.7 Å². The van der Waals surface area contributed by atoms with E-state index in [1.807, 2.05) is 13.8 Å². The van der Waals surface area contributed by atoms with Gasteiger partial charge in [0.15, 0.2) is 11.3 Å². The predicted octanol–water partition coefficient (Wildman–Crippen LogP) is 2.83. The number of furan rings is 1. The van der Waals surface area contributed by atoms with Crippen molar-refractivity contribution in [3.63, 3.8) is 0 Å². The molecule has 11 nitrogen and oxygen atoms in total. The quantitative estimate of drug-likeness (QED) is 0.385. The number of fused-ring (bicyclic) bond motifs is 1. The molecule has 188 valence electrons. The third-order valence-corrected chi connectivity index (χ3v) is 6.57. The molecule has 36 heavy (non-hydrogen) atoms. The maximum absolute atomic E-state index is 14.3. The normalized spacial score (nSPS) is 13.4. The number of aromatic amines is 1. The number of unbranched alkanes of at least 4 members (excludes halogenated alkanes) is 1. The number of rotatable bonds is 8. The van der Waals surface area contributed by atoms with Gasteiger partial charge in [-0.1, -0.05) is 13.3 Å². The van der Waals surface area contributed by atoms with Crippen LogP contribution in [0.25, 0.3) is 11.0 Å². The number of nitrogens with zero attached hydrogens (tertiary/aromatic N) is 5. The average molecular weight is 492 g/mol. The molecule has 1 aliphatic carbocycles. The number of carbonyl (C=O) groups is 1. The summed E-state index contributed by atoms with van der Waals surface area (Å²) in [4.78, 5) is 48.3. The number of H-pyrrole nitrogens is 1. The number of amides is 1. The molecule has 11 heteroatoms. The number of nitrogens with two attached hydrogens (primary N) is 1. The molecule has 0 atom stereocenters. The van der Waals surface area contributed by atoms with Crippen LogP contribution in [0.1, 0.15) is 66.0 Å². The molecular weight excluding hydrogens is 462 g/mol. The van der Waals surface area contributed by atoms with Gasteiger partial charge in [-0.3, -0.25) is 28.7 Å². The molecule has 0 saturated heterocycles. The van der Waals surface area contributed by atoms with Crippen molar-refractivity contribution < 1.29 is 9.21 Å². The van der Waals surface area contributed by atoms with Crippen molar-refractivity contribution in [3.8, 4) is 0 Å². The highest BCUT2D eigenvalue weighted by molar-refractivity contribution is 6.14. The first-order valence-electron chi connectivity index (χ1n) is 12.1. The second-order valence-corrected chi connectivity index (χ2v) is 9.25. The summed E-state index contributed by atoms with van der Waals surface area (Å²) in [6.45, 7) is 4.08. The number of anilines is 2. The number of carbonyl (C=O) groups excluding carboxylic acids is 1. The molecule has 1 saturated carbocycles. The molecule has 0 radical (unpaired) electrons. The number of hydrogen-bond acceptors (Lipinski definition) is 7. The van der Waals surface area contributed by atoms with Gasteiger partial charge in [-0.2, -0.15) is 5.10 Å². The molecule has 1 fully saturated rings. The monoisotopic (exact) mass is 491 g/mol. The van der Waals surface area contributed by atoms with Crippen LogP contribution < -0.4 is 21.9 Å². The number of aromatic nitrogens is 5. The van der Waals surface area contributed by atoms with E-state index >= 15 is 0 Å². The molecule has 0 aromatic carbocycles. The minimum atomic E-state index is -0.735. The van der Waals surface area contributed by atoms with Crippen LogP contribution in [-0.2, 0) is 20.1 Å². The van der Waals surface area contributed by atoms with E-state index in [2.05, 4.69) is 10.1 Å². The predicted molar refractivity (Wildman–Crippen MR) is 135 cm³/mol. The van der Waals surface area contributed by atoms with Gasteiger partial charge in [0.25, 0.3) is 11.5 Å². The zero-order valence-electron chi connectivity index (χ0n) is 20.6. The molecule has 4 heterocycles. The summed E-state index contributed by atoms with van der Waals surface area (Å²) in [5.41, 5.74) is 7.42. The van der Waals surface area contributed by atoms with Gasteiger partial charge in [-0.25, -0.2) is 9.78 Å². The molecule has 4 aromatic heterocycles. The van der Waals surface area contributed by atoms with E-state index in [4.69, 9.17) is 15.1 Å². The summed E-state index contributed by atoms with van der Waals surface area (Å²) in [6, 6.07) is 5.21. The molecule has 3 N–H and O–H groups in total. The fourth-order valence-corrected chi connectivity index (χ4v) is 4.55. The molecule has 1 amide bonds. The highest BCUT2D eigenvalue weighted by Gasteiger charge is 2.32. The molecule has 4 aromatic rings. The van der Waals surface area contributed by atoms with Crippen LogP contribution in [0.4, 0.5) is 11.5 Å². The molecule has 5 rings (SSSR count). The third-order valence-electron chi connectivity index (χ3n) is 6.57. The van der Waals surface area contributed by atoms with Gasteiger partial charge in [0.1, 0.15) is 11.6 Å². The molecule has 1 aliphatic rings. The van der Waals surface area contributed by atoms with Gasteiger partial charge in [0, 0.05) is 25.2 Å². The van der Waals surface area contributed by atoms with Crippen molar-refractivity contribution in [1.29, 1.82) is 0 Å². The maximum atomic E-state index is 14.3. The highest BCUT2D eigenvalue weighted by atomic mass is 16.3. The fourth-order valence-electron chi connectivity index (χ4n) is 4.55. The minimum Gasteiger partial charge on any atom is -0.467 e. The zero-order chi connectivity index (χ0) is 25.6. The van der Waals surface area contributed by atoms with Crippen molar-refractivity contribution >= 4 is 28.4 Å². The largest absolute Gasteiger partial charge is 0.467 e. The van der Waals surface area contributed by atoms with E-state index in [-0.39, 0.29) is 18.1 Å². The van der Waals surface area contributed by atoms with Crippen molar-refractivity contribution in [2.75, 3.05) is 10.6 Å². The van der Waals surface area contributed by atoms with Crippen LogP contribution in [0.15, 0.2) is 38.5 Å². The Morgan fingerprint density at radius 1 is 1.33 bits per heavy atom. The van der Waals surface area contributed by atoms with Gasteiger partial charge >= 0.3 is 5.69 Å². The van der Waals surface area contributed by atoms with E-state index in [0.717, 1.165) is 25.0 Å². The second kappa shape index (κ2) is 9.14. The summed E-state index contributed by atoms with van der Waals surface area (Å²) in [5, 5.41) is 5.10. The Bertz CT molecular complexity index is 1560. The van der Waals surface area contributed by atoms with Crippen LogP contribution in [-0.4, -0.2) is 30.2 Å². The lowest BCUT2D eigenvalue weighted by Crippen LogP contribution is -2.41. The van der Waals surface area contributed by atoms with Crippen molar-refractivity contribution in [2.24, 2.45) is 7.05 Å². The standard InChI is InChI=1S/C25H29N7O4/c1-4-5-10-31-21(26)20(23(33)28-25(31)35)32(13-16-7-6-11-36-16)24(34)17-12-18(15-8-9-15)27-22-19(17)14(2)29-30(22)3/h6-7,11-12,15H,4-5,8-10,13,26H2,1-3H3,(H,28,33,35). The van der Waals surface area contributed by atoms with Crippen LogP contribution in [0, 0.1) is 6.92 Å². The number of hydrogen-bond donors (Lipinski definition) is 2. The lowest BCUT2D eigenvalue weighted by molar-refractivity contribution is 0.0984. The summed E-state index contributed by atoms with van der Waals surface area (Å²) in [6.07, 6.45) is 5.03. The lowest BCUT2D eigenvalue weighted by Gasteiger charge is -2.24. The highest BCUT2D eigenvalue weighted by Crippen LogP contribution is 2.41. The van der Waals surface area contributed by atoms with Crippen molar-refractivity contribution in [1.82, 2.24) is 24.3 Å². The second-order valence-electron chi connectivity index (χ2n) is 9.25. The maximum Gasteiger partial charge on any atom is 0.330 e. The van der Waals surface area contributed by atoms with Gasteiger partial charge in [0.2, 0.25) is 0 Å². The summed E-state index contributed by atoms with van der Waals surface area (Å²) >= 11 is 0. The Hall–Kier alpha value is -4.15. The van der Waals surface area contributed by atoms with Crippen LogP contribution in [0.2, 0.25) is 0 Å². The van der Waals surface area contributed by atoms with Crippen LogP contribution in [0.3, 0.4) is 0 Å². The Labute approximate surface area is 206 Å². The Balaban J connectivity index is 1.72. The Morgan fingerprint density at radius 2 is 2.11 bits per heavy atom. The van der Waals surface area contributed by atoms with Crippen LogP contribution >= 0.6 is 0 Å². The number of aryl methyl sites for hydroxylation is 2. The summed E-state index contributed by atoms with van der Waals surface area (Å²) in [5.74, 6) is 0.241. The van der Waals surface area contributed by atoms with Gasteiger partial charge in [-0.15, -0.1) is 0 Å². The minimum absolute atomic E-state index is 0.0486. The summed E-state index contributed by atoms with van der Waals surface area (Å²) < 4.78 is 8.48. The smallest absolute Gasteiger partial charge is 0.330 e. The van der Waals surface area contributed by atoms with Crippen molar-refractivity contribution in [2.45, 2.75) is 58.5 Å². The zero-order valence-corrected chi connectivity index (χ0v) is 20.6. The molecule has 0 bridgehead atoms. The van der Waals surface area contributed by atoms with Crippen molar-refractivity contribution in [3.05, 3.63) is 68.0 Å². The Kier molecular flexibility index (Phi) is 5.99. The van der Waals surface area contributed by atoms with Gasteiger partial charge < -0.3 is 10.2 Å². The van der Waals surface area contributed by atoms with Crippen LogP contribution in [0.5, 0.6) is 0 Å². The van der Waals surface area contributed by atoms with E-state index in [0.29, 0.717) is 46.9 Å². The Morgan fingerprint density at radius 3 is 2.78 bits per heavy atom. The first-order chi connectivity index (χ1) is 17.3. The summed E-state index contributed by atoms with van der Waals surface area (Å²) in [7, 11) is 1.79. The van der Waals surface area contributed by atoms with Gasteiger partial charge in [0.05, 0.1) is 29.5 Å². The lowest BCUT2D eigenvalue weighted by atomic mass is 10.1. The molecule has 0 aliphatic heterocycles. The molecular formula is C25H29N7O4. The van der Waals surface area contributed by atoms with E-state index < -0.39 is 17.2 Å². The topological polar surface area (TPSA) is 145 Å². The third kappa shape index (κ3) is 4.10. The number of nitrogens with one attached hydrogen (secondary N) is 1. The number of pyridine rings is 1. The average Bonchev–Trinajstić information content (AvgIpc) is 3.49. The molecule has 0 spiro atoms. The fraction of sp³-hybridized carbons (Fsp3) is 0.400. The first kappa shape index (κ1) is 23.6. The first-order valence-corrected chi connectivity index (χ1v) is 12.1. The molecule has 0 unspecified atom stereocenters. The van der Waals surface area contributed by atoms with E-state index in [1.54, 1.807) is 29.9 Å². The van der Waals surface area contributed by atoms with E-state index in [9.17, 15) is 14.4 Å². The number of nitrogen functional groups attached to an aromatic ring is 1.